The van der Waals surface area contributed by atoms with Crippen LogP contribution in [0.3, 0.4) is 0 Å². The van der Waals surface area contributed by atoms with Gasteiger partial charge in [-0.2, -0.15) is 0 Å². The van der Waals surface area contributed by atoms with Crippen LogP contribution in [0, 0.1) is 5.82 Å². The Morgan fingerprint density at radius 3 is 2.44 bits per heavy atom. The van der Waals surface area contributed by atoms with Gasteiger partial charge in [-0.1, -0.05) is 41.4 Å². The maximum Gasteiger partial charge on any atom is 0.253 e. The first kappa shape index (κ1) is 31.1. The lowest BCUT2D eigenvalue weighted by molar-refractivity contribution is 0.0952. The van der Waals surface area contributed by atoms with Gasteiger partial charge in [-0.05, 0) is 80.5 Å². The molecule has 1 N–H and O–H groups in total. The quantitative estimate of drug-likeness (QED) is 0.194. The van der Waals surface area contributed by atoms with Crippen molar-refractivity contribution in [2.24, 2.45) is 0 Å². The van der Waals surface area contributed by atoms with Crippen molar-refractivity contribution in [3.63, 3.8) is 0 Å². The molecule has 1 saturated heterocycles. The summed E-state index contributed by atoms with van der Waals surface area (Å²) >= 11 is 12.2. The molecule has 1 aliphatic heterocycles. The van der Waals surface area contributed by atoms with E-state index in [4.69, 9.17) is 32.7 Å². The van der Waals surface area contributed by atoms with Crippen molar-refractivity contribution in [2.45, 2.75) is 25.9 Å². The number of aromatic nitrogens is 1. The summed E-state index contributed by atoms with van der Waals surface area (Å²) < 4.78 is 26.7. The van der Waals surface area contributed by atoms with Gasteiger partial charge in [0.1, 0.15) is 23.9 Å². The third kappa shape index (κ3) is 8.21. The van der Waals surface area contributed by atoms with Crippen LogP contribution in [-0.4, -0.2) is 73.3 Å². The van der Waals surface area contributed by atoms with Crippen molar-refractivity contribution in [3.05, 3.63) is 93.8 Å². The minimum atomic E-state index is -0.258. The van der Waals surface area contributed by atoms with E-state index in [9.17, 15) is 9.18 Å². The first-order valence-corrected chi connectivity index (χ1v) is 15.4. The maximum atomic E-state index is 13.3. The molecule has 3 aromatic carbocycles. The summed E-state index contributed by atoms with van der Waals surface area (Å²) in [4.78, 5) is 18.2. The zero-order valence-corrected chi connectivity index (χ0v) is 25.8. The molecule has 0 bridgehead atoms. The van der Waals surface area contributed by atoms with Crippen molar-refractivity contribution in [1.82, 2.24) is 19.7 Å². The minimum Gasteiger partial charge on any atom is -0.495 e. The Morgan fingerprint density at radius 1 is 0.930 bits per heavy atom. The summed E-state index contributed by atoms with van der Waals surface area (Å²) in [6.07, 6.45) is 3.97. The summed E-state index contributed by atoms with van der Waals surface area (Å²) in [6, 6.07) is 17.3. The lowest BCUT2D eigenvalue weighted by Crippen LogP contribution is -2.33. The molecule has 7 nitrogen and oxygen atoms in total. The summed E-state index contributed by atoms with van der Waals surface area (Å²) in [7, 11) is 1.66. The van der Waals surface area contributed by atoms with Gasteiger partial charge in [-0.3, -0.25) is 9.69 Å². The second kappa shape index (κ2) is 14.9. The number of nitrogens with one attached hydrogen (secondary N) is 1. The molecule has 1 aliphatic rings. The number of para-hydroxylation sites is 1. The van der Waals surface area contributed by atoms with Crippen LogP contribution in [0.15, 0.2) is 66.9 Å². The number of benzene rings is 3. The van der Waals surface area contributed by atoms with Crippen LogP contribution in [-0.2, 0) is 13.1 Å². The smallest absolute Gasteiger partial charge is 0.253 e. The summed E-state index contributed by atoms with van der Waals surface area (Å²) in [5.74, 6) is 1.03. The zero-order chi connectivity index (χ0) is 30.2. The predicted molar refractivity (Wildman–Crippen MR) is 170 cm³/mol. The van der Waals surface area contributed by atoms with Crippen LogP contribution in [0.5, 0.6) is 11.5 Å². The normalized spacial score (nSPS) is 14.5. The fourth-order valence-corrected chi connectivity index (χ4v) is 5.86. The number of hydrogen-bond donors (Lipinski definition) is 1. The maximum absolute atomic E-state index is 13.3. The molecule has 1 aromatic heterocycles. The zero-order valence-electron chi connectivity index (χ0n) is 24.3. The molecule has 5 rings (SSSR count). The molecule has 228 valence electrons. The van der Waals surface area contributed by atoms with Gasteiger partial charge in [0.2, 0.25) is 0 Å². The third-order valence-corrected chi connectivity index (χ3v) is 8.55. The van der Waals surface area contributed by atoms with E-state index >= 15 is 0 Å². The number of carbonyl (C=O) groups is 1. The van der Waals surface area contributed by atoms with Crippen molar-refractivity contribution < 1.29 is 18.7 Å². The van der Waals surface area contributed by atoms with Gasteiger partial charge in [-0.25, -0.2) is 4.39 Å². The highest BCUT2D eigenvalue weighted by Gasteiger charge is 2.19. The molecule has 0 spiro atoms. The van der Waals surface area contributed by atoms with Crippen LogP contribution in [0.2, 0.25) is 10.0 Å². The molecule has 0 radical (unpaired) electrons. The molecular formula is C33H37Cl2FN4O3. The molecule has 0 saturated carbocycles. The molecule has 43 heavy (non-hydrogen) atoms. The van der Waals surface area contributed by atoms with Gasteiger partial charge in [-0.15, -0.1) is 0 Å². The number of methoxy groups -OCH3 is 1. The SMILES string of the molecule is COc1cccc2c(C(=O)NCc3ccc(Cl)c(Cl)c3)cn(CCCN3CCCN(CCOc4ccc(F)cc4)CC3)c12. The van der Waals surface area contributed by atoms with Gasteiger partial charge in [0.15, 0.2) is 0 Å². The van der Waals surface area contributed by atoms with Crippen LogP contribution < -0.4 is 14.8 Å². The number of rotatable bonds is 12. The summed E-state index contributed by atoms with van der Waals surface area (Å²) in [6.45, 7) is 7.56. The van der Waals surface area contributed by atoms with E-state index in [1.807, 2.05) is 30.5 Å². The number of nitrogens with zero attached hydrogens (tertiary/aromatic N) is 3. The number of halogens is 3. The predicted octanol–water partition coefficient (Wildman–Crippen LogP) is 6.50. The minimum absolute atomic E-state index is 0.154. The molecule has 10 heteroatoms. The second-order valence-electron chi connectivity index (χ2n) is 10.7. The Kier molecular flexibility index (Phi) is 10.8. The number of aryl methyl sites for hydroxylation is 1. The first-order valence-electron chi connectivity index (χ1n) is 14.6. The van der Waals surface area contributed by atoms with E-state index in [1.54, 1.807) is 31.4 Å². The van der Waals surface area contributed by atoms with Gasteiger partial charge in [0.05, 0.1) is 28.2 Å². The van der Waals surface area contributed by atoms with Crippen molar-refractivity contribution in [2.75, 3.05) is 53.0 Å². The third-order valence-electron chi connectivity index (χ3n) is 7.81. The highest BCUT2D eigenvalue weighted by Crippen LogP contribution is 2.30. The molecule has 0 unspecified atom stereocenters. The van der Waals surface area contributed by atoms with Crippen LogP contribution >= 0.6 is 23.2 Å². The molecule has 4 aromatic rings. The van der Waals surface area contributed by atoms with Crippen molar-refractivity contribution in [3.8, 4) is 11.5 Å². The highest BCUT2D eigenvalue weighted by atomic mass is 35.5. The standard InChI is InChI=1S/C33H37Cl2FN4O3/c1-42-31-6-2-5-27-28(33(41)37-22-24-7-12-29(34)30(35)21-24)23-40(32(27)31)16-4-15-38-13-3-14-39(18-17-38)19-20-43-26-10-8-25(36)9-11-26/h2,5-12,21,23H,3-4,13-20,22H2,1H3,(H,37,41). The Morgan fingerprint density at radius 2 is 1.70 bits per heavy atom. The van der Waals surface area contributed by atoms with E-state index in [0.717, 1.165) is 80.9 Å². The number of carbonyl (C=O) groups excluding carboxylic acids is 1. The first-order chi connectivity index (χ1) is 20.9. The molecule has 0 atom stereocenters. The molecule has 0 aliphatic carbocycles. The van der Waals surface area contributed by atoms with Crippen molar-refractivity contribution >= 4 is 40.0 Å². The topological polar surface area (TPSA) is 59.0 Å². The lowest BCUT2D eigenvalue weighted by atomic mass is 10.1. The average molecular weight is 628 g/mol. The molecule has 1 fully saturated rings. The largest absolute Gasteiger partial charge is 0.495 e. The van der Waals surface area contributed by atoms with E-state index in [0.29, 0.717) is 34.5 Å². The van der Waals surface area contributed by atoms with E-state index < -0.39 is 0 Å². The monoisotopic (exact) mass is 626 g/mol. The summed E-state index contributed by atoms with van der Waals surface area (Å²) in [5, 5.41) is 4.82. The Hall–Kier alpha value is -3.30. The Balaban J connectivity index is 1.15. The second-order valence-corrected chi connectivity index (χ2v) is 11.5. The van der Waals surface area contributed by atoms with E-state index in [1.165, 1.54) is 12.1 Å². The number of fused-ring (bicyclic) bond motifs is 1. The lowest BCUT2D eigenvalue weighted by Gasteiger charge is -2.22. The Bertz CT molecular complexity index is 1530. The van der Waals surface area contributed by atoms with E-state index in [2.05, 4.69) is 19.7 Å². The van der Waals surface area contributed by atoms with Crippen molar-refractivity contribution in [1.29, 1.82) is 0 Å². The van der Waals surface area contributed by atoms with Gasteiger partial charge in [0.25, 0.3) is 5.91 Å². The average Bonchev–Trinajstić information content (AvgIpc) is 3.24. The highest BCUT2D eigenvalue weighted by molar-refractivity contribution is 6.42. The fourth-order valence-electron chi connectivity index (χ4n) is 5.53. The fraction of sp³-hybridized carbons (Fsp3) is 0.364. The van der Waals surface area contributed by atoms with Crippen LogP contribution in [0.1, 0.15) is 28.8 Å². The van der Waals surface area contributed by atoms with Crippen LogP contribution in [0.4, 0.5) is 4.39 Å². The molecule has 1 amide bonds. The number of ether oxygens (including phenoxy) is 2. The number of amides is 1. The molecular weight excluding hydrogens is 590 g/mol. The number of hydrogen-bond acceptors (Lipinski definition) is 5. The van der Waals surface area contributed by atoms with Gasteiger partial charge < -0.3 is 24.3 Å². The van der Waals surface area contributed by atoms with Gasteiger partial charge >= 0.3 is 0 Å². The molecule has 2 heterocycles. The Labute approximate surface area is 262 Å². The van der Waals surface area contributed by atoms with Gasteiger partial charge in [0, 0.05) is 44.3 Å². The van der Waals surface area contributed by atoms with Crippen LogP contribution in [0.25, 0.3) is 10.9 Å². The van der Waals surface area contributed by atoms with E-state index in [-0.39, 0.29) is 11.7 Å². The summed E-state index contributed by atoms with van der Waals surface area (Å²) in [5.41, 5.74) is 2.41.